The molecule has 0 spiro atoms. The molecule has 0 bridgehead atoms. The highest BCUT2D eigenvalue weighted by Crippen LogP contribution is 2.44. The maximum Gasteiger partial charge on any atom is 0.142 e. The smallest absolute Gasteiger partial charge is 0.142 e. The number of hydrogen-bond donors (Lipinski definition) is 0. The van der Waals surface area contributed by atoms with Gasteiger partial charge in [0.15, 0.2) is 0 Å². The van der Waals surface area contributed by atoms with Crippen molar-refractivity contribution in [3.63, 3.8) is 0 Å². The van der Waals surface area contributed by atoms with Crippen molar-refractivity contribution in [2.24, 2.45) is 0 Å². The standard InChI is InChI=1S/C30H45NO2/c1-22(2)11-8-12-23(3)13-9-14-24(4)15-10-17-30(6)18-16-26-27-20-31(7)21-32-28(27)19-25(5)29(26)33-30/h11,13,15,19H,8-10,12,14,16-18,20-21H2,1-7H3. The highest BCUT2D eigenvalue weighted by atomic mass is 16.5. The third-order valence-electron chi connectivity index (χ3n) is 7.05. The lowest BCUT2D eigenvalue weighted by Crippen LogP contribution is -2.38. The van der Waals surface area contributed by atoms with Gasteiger partial charge in [0.05, 0.1) is 0 Å². The van der Waals surface area contributed by atoms with Crippen molar-refractivity contribution in [1.29, 1.82) is 0 Å². The van der Waals surface area contributed by atoms with Gasteiger partial charge in [-0.2, -0.15) is 0 Å². The van der Waals surface area contributed by atoms with E-state index in [9.17, 15) is 0 Å². The Morgan fingerprint density at radius 1 is 1.00 bits per heavy atom. The van der Waals surface area contributed by atoms with E-state index in [0.29, 0.717) is 6.73 Å². The lowest BCUT2D eigenvalue weighted by Gasteiger charge is -2.39. The van der Waals surface area contributed by atoms with Crippen LogP contribution in [0.15, 0.2) is 41.0 Å². The predicted octanol–water partition coefficient (Wildman–Crippen LogP) is 8.06. The minimum absolute atomic E-state index is 0.0916. The molecular formula is C30H45NO2. The summed E-state index contributed by atoms with van der Waals surface area (Å²) in [5.74, 6) is 2.16. The molecule has 2 aliphatic heterocycles. The molecule has 3 heteroatoms. The van der Waals surface area contributed by atoms with Gasteiger partial charge in [-0.25, -0.2) is 0 Å². The van der Waals surface area contributed by atoms with Crippen LogP contribution >= 0.6 is 0 Å². The van der Waals surface area contributed by atoms with Crippen molar-refractivity contribution in [2.75, 3.05) is 13.8 Å². The maximum absolute atomic E-state index is 6.68. The Bertz CT molecular complexity index is 920. The molecule has 0 saturated heterocycles. The molecule has 1 atom stereocenters. The van der Waals surface area contributed by atoms with E-state index < -0.39 is 0 Å². The Morgan fingerprint density at radius 2 is 1.67 bits per heavy atom. The van der Waals surface area contributed by atoms with Crippen LogP contribution in [0, 0.1) is 6.92 Å². The van der Waals surface area contributed by atoms with Crippen LogP contribution in [-0.4, -0.2) is 24.3 Å². The summed E-state index contributed by atoms with van der Waals surface area (Å²) in [5.41, 5.74) is 8.23. The number of fused-ring (bicyclic) bond motifs is 3. The summed E-state index contributed by atoms with van der Waals surface area (Å²) in [4.78, 5) is 2.22. The van der Waals surface area contributed by atoms with Gasteiger partial charge < -0.3 is 9.47 Å². The summed E-state index contributed by atoms with van der Waals surface area (Å²) < 4.78 is 12.6. The molecular weight excluding hydrogens is 406 g/mol. The topological polar surface area (TPSA) is 21.7 Å². The molecule has 3 nitrogen and oxygen atoms in total. The highest BCUT2D eigenvalue weighted by Gasteiger charge is 2.34. The molecule has 33 heavy (non-hydrogen) atoms. The molecule has 1 unspecified atom stereocenters. The Morgan fingerprint density at radius 3 is 2.36 bits per heavy atom. The monoisotopic (exact) mass is 451 g/mol. The number of benzene rings is 1. The second-order valence-corrected chi connectivity index (χ2v) is 10.8. The van der Waals surface area contributed by atoms with Crippen LogP contribution in [0.1, 0.15) is 96.3 Å². The fraction of sp³-hybridized carbons (Fsp3) is 0.600. The van der Waals surface area contributed by atoms with E-state index in [-0.39, 0.29) is 5.60 Å². The van der Waals surface area contributed by atoms with Crippen LogP contribution in [0.3, 0.4) is 0 Å². The molecule has 0 radical (unpaired) electrons. The zero-order chi connectivity index (χ0) is 24.0. The van der Waals surface area contributed by atoms with Crippen molar-refractivity contribution >= 4 is 0 Å². The second kappa shape index (κ2) is 11.4. The number of aryl methyl sites for hydroxylation is 1. The minimum Gasteiger partial charge on any atom is -0.487 e. The van der Waals surface area contributed by atoms with E-state index in [1.165, 1.54) is 39.8 Å². The predicted molar refractivity (Wildman–Crippen MR) is 140 cm³/mol. The van der Waals surface area contributed by atoms with E-state index in [1.54, 1.807) is 0 Å². The van der Waals surface area contributed by atoms with Crippen LogP contribution < -0.4 is 9.47 Å². The first kappa shape index (κ1) is 25.6. The van der Waals surface area contributed by atoms with Gasteiger partial charge in [-0.1, -0.05) is 34.9 Å². The largest absolute Gasteiger partial charge is 0.487 e. The van der Waals surface area contributed by atoms with Crippen molar-refractivity contribution in [3.05, 3.63) is 57.7 Å². The van der Waals surface area contributed by atoms with Crippen LogP contribution in [0.2, 0.25) is 0 Å². The van der Waals surface area contributed by atoms with Crippen LogP contribution in [-0.2, 0) is 13.0 Å². The summed E-state index contributed by atoms with van der Waals surface area (Å²) in [6.45, 7) is 15.0. The normalized spacial score (nSPS) is 21.1. The van der Waals surface area contributed by atoms with E-state index >= 15 is 0 Å². The molecule has 2 aliphatic rings. The number of rotatable bonds is 9. The zero-order valence-corrected chi connectivity index (χ0v) is 22.1. The first-order valence-electron chi connectivity index (χ1n) is 12.8. The van der Waals surface area contributed by atoms with E-state index in [4.69, 9.17) is 9.47 Å². The summed E-state index contributed by atoms with van der Waals surface area (Å²) in [6.07, 6.45) is 16.1. The molecule has 0 aliphatic carbocycles. The summed E-state index contributed by atoms with van der Waals surface area (Å²) in [5, 5.41) is 0. The van der Waals surface area contributed by atoms with E-state index in [2.05, 4.69) is 77.8 Å². The fourth-order valence-corrected chi connectivity index (χ4v) is 4.90. The first-order chi connectivity index (χ1) is 15.7. The lowest BCUT2D eigenvalue weighted by molar-refractivity contribution is 0.0538. The molecule has 0 amide bonds. The number of hydrogen-bond acceptors (Lipinski definition) is 3. The number of ether oxygens (including phenoxy) is 2. The molecule has 0 aromatic heterocycles. The minimum atomic E-state index is -0.0916. The summed E-state index contributed by atoms with van der Waals surface area (Å²) in [7, 11) is 2.11. The van der Waals surface area contributed by atoms with Crippen molar-refractivity contribution in [2.45, 2.75) is 105 Å². The van der Waals surface area contributed by atoms with Gasteiger partial charge in [-0.3, -0.25) is 4.90 Å². The van der Waals surface area contributed by atoms with Gasteiger partial charge in [0, 0.05) is 17.7 Å². The fourth-order valence-electron chi connectivity index (χ4n) is 4.90. The summed E-state index contributed by atoms with van der Waals surface area (Å²) in [6, 6.07) is 2.17. The SMILES string of the molecule is CC(C)=CCCC(C)=CCCC(C)=CCCC1(C)CCc2c3c(cc(C)c2O1)OCN(C)C3. The van der Waals surface area contributed by atoms with Crippen LogP contribution in [0.5, 0.6) is 11.5 Å². The first-order valence-corrected chi connectivity index (χ1v) is 12.8. The number of allylic oxidation sites excluding steroid dienone is 6. The Kier molecular flexibility index (Phi) is 8.87. The molecule has 1 aromatic rings. The Balaban J connectivity index is 1.52. The Labute approximate surface area is 202 Å². The summed E-state index contributed by atoms with van der Waals surface area (Å²) >= 11 is 0. The van der Waals surface area contributed by atoms with Crippen molar-refractivity contribution in [1.82, 2.24) is 4.90 Å². The van der Waals surface area contributed by atoms with Gasteiger partial charge in [0.2, 0.25) is 0 Å². The van der Waals surface area contributed by atoms with Gasteiger partial charge in [0.1, 0.15) is 23.8 Å². The van der Waals surface area contributed by atoms with E-state index in [0.717, 1.165) is 63.0 Å². The molecule has 1 aromatic carbocycles. The van der Waals surface area contributed by atoms with Crippen molar-refractivity contribution in [3.8, 4) is 11.5 Å². The molecule has 0 N–H and O–H groups in total. The average Bonchev–Trinajstić information content (AvgIpc) is 2.74. The van der Waals surface area contributed by atoms with Crippen LogP contribution in [0.4, 0.5) is 0 Å². The molecule has 0 saturated carbocycles. The van der Waals surface area contributed by atoms with Gasteiger partial charge >= 0.3 is 0 Å². The van der Waals surface area contributed by atoms with Gasteiger partial charge in [-0.05, 0) is 112 Å². The second-order valence-electron chi connectivity index (χ2n) is 10.8. The van der Waals surface area contributed by atoms with Gasteiger partial charge in [0.25, 0.3) is 0 Å². The molecule has 3 rings (SSSR count). The van der Waals surface area contributed by atoms with Crippen molar-refractivity contribution < 1.29 is 9.47 Å². The molecule has 2 heterocycles. The van der Waals surface area contributed by atoms with E-state index in [1.807, 2.05) is 0 Å². The average molecular weight is 452 g/mol. The lowest BCUT2D eigenvalue weighted by atomic mass is 9.85. The highest BCUT2D eigenvalue weighted by molar-refractivity contribution is 5.55. The van der Waals surface area contributed by atoms with Crippen LogP contribution in [0.25, 0.3) is 0 Å². The quantitative estimate of drug-likeness (QED) is 0.354. The third-order valence-corrected chi connectivity index (χ3v) is 7.05. The van der Waals surface area contributed by atoms with Gasteiger partial charge in [-0.15, -0.1) is 0 Å². The molecule has 0 fully saturated rings. The Hall–Kier alpha value is -2.00. The molecule has 182 valence electrons. The third kappa shape index (κ3) is 7.24. The zero-order valence-electron chi connectivity index (χ0n) is 22.1. The number of nitrogens with zero attached hydrogens (tertiary/aromatic N) is 1. The maximum atomic E-state index is 6.68.